The van der Waals surface area contributed by atoms with E-state index in [1.807, 2.05) is 18.2 Å². The van der Waals surface area contributed by atoms with Crippen LogP contribution in [-0.4, -0.2) is 43.7 Å². The number of likely N-dealkylation sites (tertiary alicyclic amines) is 1. The highest BCUT2D eigenvalue weighted by Crippen LogP contribution is 2.24. The van der Waals surface area contributed by atoms with Gasteiger partial charge in [-0.1, -0.05) is 54.9 Å². The molecule has 162 valence electrons. The molecule has 0 saturated carbocycles. The van der Waals surface area contributed by atoms with Gasteiger partial charge in [-0.25, -0.2) is 8.42 Å². The molecule has 1 aliphatic heterocycles. The second kappa shape index (κ2) is 10.1. The Morgan fingerprint density at radius 1 is 1.10 bits per heavy atom. The zero-order valence-corrected chi connectivity index (χ0v) is 19.1. The lowest BCUT2D eigenvalue weighted by atomic mass is 9.97. The summed E-state index contributed by atoms with van der Waals surface area (Å²) in [6.45, 7) is 3.34. The van der Waals surface area contributed by atoms with Gasteiger partial charge in [-0.2, -0.15) is 4.72 Å². The van der Waals surface area contributed by atoms with E-state index < -0.39 is 21.4 Å². The molecule has 2 aromatic carbocycles. The molecule has 1 aliphatic rings. The number of amides is 1. The lowest BCUT2D eigenvalue weighted by Crippen LogP contribution is -2.54. The molecule has 1 saturated heterocycles. The average molecular weight is 469 g/mol. The molecule has 1 fully saturated rings. The van der Waals surface area contributed by atoms with Crippen molar-refractivity contribution in [1.82, 2.24) is 9.62 Å². The van der Waals surface area contributed by atoms with E-state index in [1.165, 1.54) is 12.1 Å². The number of piperidine rings is 1. The van der Waals surface area contributed by atoms with E-state index in [1.54, 1.807) is 29.2 Å². The molecule has 0 aromatic heterocycles. The summed E-state index contributed by atoms with van der Waals surface area (Å²) in [7, 11) is -3.92. The number of sulfonamides is 1. The third-order valence-corrected chi connectivity index (χ3v) is 7.66. The average Bonchev–Trinajstić information content (AvgIpc) is 2.74. The maximum absolute atomic E-state index is 13.3. The fourth-order valence-corrected chi connectivity index (χ4v) is 5.41. The van der Waals surface area contributed by atoms with Crippen LogP contribution in [0.25, 0.3) is 0 Å². The smallest absolute Gasteiger partial charge is 0.242 e. The van der Waals surface area contributed by atoms with Gasteiger partial charge in [0.25, 0.3) is 0 Å². The molecule has 3 rings (SSSR count). The van der Waals surface area contributed by atoms with Crippen molar-refractivity contribution >= 4 is 39.1 Å². The van der Waals surface area contributed by atoms with E-state index in [0.29, 0.717) is 24.0 Å². The second-order valence-corrected chi connectivity index (χ2v) is 10.4. The van der Waals surface area contributed by atoms with Gasteiger partial charge < -0.3 is 4.90 Å². The maximum Gasteiger partial charge on any atom is 0.242 e. The number of nitrogens with one attached hydrogen (secondary N) is 1. The number of benzene rings is 2. The van der Waals surface area contributed by atoms with Crippen molar-refractivity contribution in [3.63, 3.8) is 0 Å². The molecule has 0 radical (unpaired) electrons. The number of hydrogen-bond acceptors (Lipinski definition) is 3. The first-order chi connectivity index (χ1) is 14.3. The van der Waals surface area contributed by atoms with E-state index in [2.05, 4.69) is 11.6 Å². The van der Waals surface area contributed by atoms with Gasteiger partial charge in [-0.3, -0.25) is 4.79 Å². The van der Waals surface area contributed by atoms with Crippen LogP contribution in [0.3, 0.4) is 0 Å². The lowest BCUT2D eigenvalue weighted by molar-refractivity contribution is -0.134. The molecule has 2 atom stereocenters. The van der Waals surface area contributed by atoms with E-state index in [9.17, 15) is 13.2 Å². The number of carbonyl (C=O) groups excluding carboxylic acids is 1. The summed E-state index contributed by atoms with van der Waals surface area (Å²) in [6.07, 6.45) is 2.04. The van der Waals surface area contributed by atoms with Crippen LogP contribution in [0.5, 0.6) is 0 Å². The molecule has 2 aromatic rings. The van der Waals surface area contributed by atoms with Gasteiger partial charge in [0.2, 0.25) is 15.9 Å². The third-order valence-electron chi connectivity index (χ3n) is 5.43. The van der Waals surface area contributed by atoms with E-state index in [0.717, 1.165) is 18.4 Å². The molecule has 8 heteroatoms. The van der Waals surface area contributed by atoms with Gasteiger partial charge in [0.05, 0.1) is 10.3 Å². The number of nitrogens with zero attached hydrogens (tertiary/aromatic N) is 1. The normalized spacial score (nSPS) is 17.5. The van der Waals surface area contributed by atoms with Crippen molar-refractivity contribution in [3.8, 4) is 0 Å². The number of rotatable bonds is 7. The fourth-order valence-electron chi connectivity index (χ4n) is 3.53. The van der Waals surface area contributed by atoms with Crippen LogP contribution < -0.4 is 4.72 Å². The Balaban J connectivity index is 1.86. The number of alkyl halides is 1. The van der Waals surface area contributed by atoms with Crippen LogP contribution in [0.1, 0.15) is 25.3 Å². The Kier molecular flexibility index (Phi) is 7.80. The van der Waals surface area contributed by atoms with Crippen LogP contribution in [0, 0.1) is 5.92 Å². The van der Waals surface area contributed by atoms with Gasteiger partial charge in [0.15, 0.2) is 0 Å². The highest BCUT2D eigenvalue weighted by molar-refractivity contribution is 7.89. The molecule has 1 amide bonds. The van der Waals surface area contributed by atoms with E-state index >= 15 is 0 Å². The zero-order chi connectivity index (χ0) is 21.7. The minimum atomic E-state index is -3.92. The first-order valence-electron chi connectivity index (χ1n) is 10.0. The molecular formula is C22H26Cl2N2O3S. The summed E-state index contributed by atoms with van der Waals surface area (Å²) in [6, 6.07) is 14.1. The molecule has 5 nitrogen and oxygen atoms in total. The summed E-state index contributed by atoms with van der Waals surface area (Å²) >= 11 is 12.9. The Morgan fingerprint density at radius 3 is 2.33 bits per heavy atom. The zero-order valence-electron chi connectivity index (χ0n) is 16.8. The van der Waals surface area contributed by atoms with Crippen LogP contribution in [0.2, 0.25) is 5.02 Å². The molecular weight excluding hydrogens is 443 g/mol. The van der Waals surface area contributed by atoms with Crippen LogP contribution in [0.4, 0.5) is 0 Å². The first-order valence-corrected chi connectivity index (χ1v) is 12.3. The molecule has 2 unspecified atom stereocenters. The van der Waals surface area contributed by atoms with Gasteiger partial charge in [0, 0.05) is 18.1 Å². The number of hydrogen-bond donors (Lipinski definition) is 1. The Bertz CT molecular complexity index is 961. The van der Waals surface area contributed by atoms with Crippen LogP contribution >= 0.6 is 23.2 Å². The minimum Gasteiger partial charge on any atom is -0.341 e. The summed E-state index contributed by atoms with van der Waals surface area (Å²) in [4.78, 5) is 15.1. The monoisotopic (exact) mass is 468 g/mol. The van der Waals surface area contributed by atoms with Gasteiger partial charge >= 0.3 is 0 Å². The summed E-state index contributed by atoms with van der Waals surface area (Å²) < 4.78 is 28.4. The van der Waals surface area contributed by atoms with E-state index in [4.69, 9.17) is 23.2 Å². The Hall–Kier alpha value is -1.60. The van der Waals surface area contributed by atoms with Gasteiger partial charge in [-0.15, -0.1) is 11.6 Å². The van der Waals surface area contributed by atoms with Crippen LogP contribution in [-0.2, 0) is 21.2 Å². The fraction of sp³-hybridized carbons (Fsp3) is 0.409. The molecule has 1 heterocycles. The predicted octanol–water partition coefficient (Wildman–Crippen LogP) is 4.10. The number of carbonyl (C=O) groups is 1. The molecule has 1 N–H and O–H groups in total. The topological polar surface area (TPSA) is 66.5 Å². The van der Waals surface area contributed by atoms with E-state index in [-0.39, 0.29) is 17.2 Å². The summed E-state index contributed by atoms with van der Waals surface area (Å²) in [5.41, 5.74) is 0.767. The quantitative estimate of drug-likeness (QED) is 0.622. The van der Waals surface area contributed by atoms with Crippen LogP contribution in [0.15, 0.2) is 59.5 Å². The predicted molar refractivity (Wildman–Crippen MR) is 120 cm³/mol. The number of halogens is 2. The van der Waals surface area contributed by atoms with Crippen molar-refractivity contribution in [2.24, 2.45) is 5.92 Å². The van der Waals surface area contributed by atoms with Crippen molar-refractivity contribution in [2.45, 2.75) is 42.5 Å². The standard InChI is InChI=1S/C22H26Cl2N2O3S/c1-16-11-13-26(14-12-16)22(27)21(20(24)15-17-7-5-6-10-19(17)23)25-30(28,29)18-8-3-2-4-9-18/h2-10,16,20-21,25H,11-15H2,1H3. The summed E-state index contributed by atoms with van der Waals surface area (Å²) in [5.74, 6) is 0.247. The largest absolute Gasteiger partial charge is 0.341 e. The first kappa shape index (κ1) is 23.1. The second-order valence-electron chi connectivity index (χ2n) is 7.73. The molecule has 0 aliphatic carbocycles. The molecule has 0 spiro atoms. The SMILES string of the molecule is CC1CCN(C(=O)C(NS(=O)(=O)c2ccccc2)C(Cl)Cc2ccccc2Cl)CC1. The van der Waals surface area contributed by atoms with Crippen molar-refractivity contribution < 1.29 is 13.2 Å². The molecule has 0 bridgehead atoms. The third kappa shape index (κ3) is 5.76. The van der Waals surface area contributed by atoms with Gasteiger partial charge in [-0.05, 0) is 48.9 Å². The summed E-state index contributed by atoms with van der Waals surface area (Å²) in [5, 5.41) is -0.262. The Labute approximate surface area is 188 Å². The Morgan fingerprint density at radius 2 is 1.70 bits per heavy atom. The molecule has 30 heavy (non-hydrogen) atoms. The lowest BCUT2D eigenvalue weighted by Gasteiger charge is -2.34. The van der Waals surface area contributed by atoms with Crippen molar-refractivity contribution in [1.29, 1.82) is 0 Å². The highest BCUT2D eigenvalue weighted by atomic mass is 35.5. The van der Waals surface area contributed by atoms with Crippen molar-refractivity contribution in [2.75, 3.05) is 13.1 Å². The minimum absolute atomic E-state index is 0.0941. The van der Waals surface area contributed by atoms with Gasteiger partial charge in [0.1, 0.15) is 6.04 Å². The van der Waals surface area contributed by atoms with Crippen molar-refractivity contribution in [3.05, 3.63) is 65.2 Å². The highest BCUT2D eigenvalue weighted by Gasteiger charge is 2.36. The maximum atomic E-state index is 13.3.